The molecular weight excluding hydrogens is 288 g/mol. The Morgan fingerprint density at radius 2 is 2.00 bits per heavy atom. The topological polar surface area (TPSA) is 52.6 Å². The number of carbonyl (C=O) groups is 1. The number of halogens is 1. The van der Waals surface area contributed by atoms with Gasteiger partial charge in [0.05, 0.1) is 16.8 Å². The molecule has 0 radical (unpaired) electrons. The number of aliphatic hydroxyl groups is 1. The number of hydrogen-bond acceptors (Lipinski definition) is 3. The minimum Gasteiger partial charge on any atom is -0.396 e. The standard InChI is InChI=1S/C16H25ClN2O2/c1-3-4-10-19(11-7-12-20)13(2)16(21)18-15-9-6-5-8-14(15)17/h5-6,8-9,13,20H,3-4,7,10-12H2,1-2H3,(H,18,21). The monoisotopic (exact) mass is 312 g/mol. The summed E-state index contributed by atoms with van der Waals surface area (Å²) in [4.78, 5) is 14.5. The molecule has 5 heteroatoms. The molecule has 0 aliphatic rings. The first kappa shape index (κ1) is 18.0. The summed E-state index contributed by atoms with van der Waals surface area (Å²) in [5, 5.41) is 12.4. The summed E-state index contributed by atoms with van der Waals surface area (Å²) < 4.78 is 0. The van der Waals surface area contributed by atoms with Crippen LogP contribution in [0.3, 0.4) is 0 Å². The zero-order valence-electron chi connectivity index (χ0n) is 12.8. The van der Waals surface area contributed by atoms with Crippen molar-refractivity contribution in [3.8, 4) is 0 Å². The van der Waals surface area contributed by atoms with Gasteiger partial charge in [-0.1, -0.05) is 37.1 Å². The molecule has 0 aliphatic carbocycles. The highest BCUT2D eigenvalue weighted by atomic mass is 35.5. The first-order valence-corrected chi connectivity index (χ1v) is 7.88. The molecule has 0 saturated carbocycles. The molecule has 0 fully saturated rings. The van der Waals surface area contributed by atoms with Gasteiger partial charge in [-0.15, -0.1) is 0 Å². The summed E-state index contributed by atoms with van der Waals surface area (Å²) in [6.07, 6.45) is 2.79. The van der Waals surface area contributed by atoms with E-state index in [9.17, 15) is 4.79 Å². The van der Waals surface area contributed by atoms with E-state index in [1.165, 1.54) is 0 Å². The Balaban J connectivity index is 2.66. The number of nitrogens with one attached hydrogen (secondary N) is 1. The molecule has 118 valence electrons. The number of rotatable bonds is 9. The quantitative estimate of drug-likeness (QED) is 0.736. The molecule has 1 aromatic carbocycles. The van der Waals surface area contributed by atoms with E-state index in [4.69, 9.17) is 16.7 Å². The van der Waals surface area contributed by atoms with Crippen LogP contribution in [0.15, 0.2) is 24.3 Å². The summed E-state index contributed by atoms with van der Waals surface area (Å²) in [6, 6.07) is 6.96. The first-order valence-electron chi connectivity index (χ1n) is 7.50. The first-order chi connectivity index (χ1) is 10.1. The lowest BCUT2D eigenvalue weighted by Crippen LogP contribution is -2.43. The Hall–Kier alpha value is -1.10. The Labute approximate surface area is 132 Å². The molecule has 0 heterocycles. The van der Waals surface area contributed by atoms with Crippen LogP contribution in [0.4, 0.5) is 5.69 Å². The third-order valence-corrected chi connectivity index (χ3v) is 3.79. The van der Waals surface area contributed by atoms with Gasteiger partial charge in [-0.2, -0.15) is 0 Å². The van der Waals surface area contributed by atoms with Crippen LogP contribution in [0.5, 0.6) is 0 Å². The zero-order chi connectivity index (χ0) is 15.7. The summed E-state index contributed by atoms with van der Waals surface area (Å²) in [5.41, 5.74) is 0.633. The van der Waals surface area contributed by atoms with Crippen LogP contribution in [0.2, 0.25) is 5.02 Å². The number of nitrogens with zero attached hydrogens (tertiary/aromatic N) is 1. The predicted molar refractivity (Wildman–Crippen MR) is 87.7 cm³/mol. The number of benzene rings is 1. The Morgan fingerprint density at radius 1 is 1.33 bits per heavy atom. The van der Waals surface area contributed by atoms with Crippen molar-refractivity contribution in [2.75, 3.05) is 25.0 Å². The Bertz CT molecular complexity index is 432. The molecule has 0 saturated heterocycles. The number of aliphatic hydroxyl groups excluding tert-OH is 1. The predicted octanol–water partition coefficient (Wildman–Crippen LogP) is 3.15. The number of para-hydroxylation sites is 1. The number of anilines is 1. The second-order valence-corrected chi connectivity index (χ2v) is 5.52. The van der Waals surface area contributed by atoms with E-state index in [-0.39, 0.29) is 18.6 Å². The lowest BCUT2D eigenvalue weighted by molar-refractivity contribution is -0.120. The molecule has 0 aromatic heterocycles. The fourth-order valence-electron chi connectivity index (χ4n) is 2.10. The van der Waals surface area contributed by atoms with E-state index in [0.29, 0.717) is 23.7 Å². The molecule has 1 atom stereocenters. The number of unbranched alkanes of at least 4 members (excludes halogenated alkanes) is 1. The molecule has 0 spiro atoms. The van der Waals surface area contributed by atoms with Gasteiger partial charge in [0.2, 0.25) is 5.91 Å². The highest BCUT2D eigenvalue weighted by molar-refractivity contribution is 6.33. The maximum absolute atomic E-state index is 12.4. The molecule has 4 nitrogen and oxygen atoms in total. The maximum atomic E-state index is 12.4. The van der Waals surface area contributed by atoms with Gasteiger partial charge in [-0.3, -0.25) is 9.69 Å². The lowest BCUT2D eigenvalue weighted by atomic mass is 10.2. The minimum atomic E-state index is -0.251. The van der Waals surface area contributed by atoms with Gasteiger partial charge in [0.25, 0.3) is 0 Å². The third-order valence-electron chi connectivity index (χ3n) is 3.46. The van der Waals surface area contributed by atoms with Gasteiger partial charge in [0.15, 0.2) is 0 Å². The van der Waals surface area contributed by atoms with Crippen LogP contribution < -0.4 is 5.32 Å². The van der Waals surface area contributed by atoms with Crippen molar-refractivity contribution in [2.45, 2.75) is 39.2 Å². The lowest BCUT2D eigenvalue weighted by Gasteiger charge is -2.28. The van der Waals surface area contributed by atoms with Gasteiger partial charge in [0.1, 0.15) is 0 Å². The second-order valence-electron chi connectivity index (χ2n) is 5.11. The Morgan fingerprint density at radius 3 is 2.62 bits per heavy atom. The van der Waals surface area contributed by atoms with Crippen LogP contribution in [-0.4, -0.2) is 41.7 Å². The minimum absolute atomic E-state index is 0.0721. The van der Waals surface area contributed by atoms with E-state index in [1.807, 2.05) is 19.1 Å². The highest BCUT2D eigenvalue weighted by Crippen LogP contribution is 2.21. The average Bonchev–Trinajstić information content (AvgIpc) is 2.49. The van der Waals surface area contributed by atoms with Crippen molar-refractivity contribution in [1.29, 1.82) is 0 Å². The van der Waals surface area contributed by atoms with Gasteiger partial charge >= 0.3 is 0 Å². The van der Waals surface area contributed by atoms with Gasteiger partial charge in [0, 0.05) is 13.2 Å². The van der Waals surface area contributed by atoms with Crippen molar-refractivity contribution in [3.63, 3.8) is 0 Å². The fourth-order valence-corrected chi connectivity index (χ4v) is 2.28. The van der Waals surface area contributed by atoms with Crippen molar-refractivity contribution in [3.05, 3.63) is 29.3 Å². The van der Waals surface area contributed by atoms with Crippen molar-refractivity contribution < 1.29 is 9.90 Å². The van der Waals surface area contributed by atoms with Gasteiger partial charge in [-0.25, -0.2) is 0 Å². The number of amides is 1. The highest BCUT2D eigenvalue weighted by Gasteiger charge is 2.21. The molecule has 1 amide bonds. The molecule has 1 unspecified atom stereocenters. The second kappa shape index (κ2) is 9.77. The zero-order valence-corrected chi connectivity index (χ0v) is 13.6. The maximum Gasteiger partial charge on any atom is 0.241 e. The molecule has 0 bridgehead atoms. The van der Waals surface area contributed by atoms with E-state index >= 15 is 0 Å². The summed E-state index contributed by atoms with van der Waals surface area (Å²) in [5.74, 6) is -0.0721. The van der Waals surface area contributed by atoms with Crippen LogP contribution in [0.1, 0.15) is 33.1 Å². The normalized spacial score (nSPS) is 12.4. The van der Waals surface area contributed by atoms with E-state index in [1.54, 1.807) is 12.1 Å². The third kappa shape index (κ3) is 6.04. The molecule has 2 N–H and O–H groups in total. The molecule has 1 rings (SSSR count). The summed E-state index contributed by atoms with van der Waals surface area (Å²) in [6.45, 7) is 5.72. The summed E-state index contributed by atoms with van der Waals surface area (Å²) >= 11 is 6.06. The van der Waals surface area contributed by atoms with Crippen LogP contribution in [0, 0.1) is 0 Å². The van der Waals surface area contributed by atoms with Crippen molar-refractivity contribution in [1.82, 2.24) is 4.90 Å². The number of carbonyl (C=O) groups excluding carboxylic acids is 1. The summed E-state index contributed by atoms with van der Waals surface area (Å²) in [7, 11) is 0. The largest absolute Gasteiger partial charge is 0.396 e. The molecule has 1 aromatic rings. The average molecular weight is 313 g/mol. The Kier molecular flexibility index (Phi) is 8.35. The van der Waals surface area contributed by atoms with Gasteiger partial charge < -0.3 is 10.4 Å². The molecule has 21 heavy (non-hydrogen) atoms. The van der Waals surface area contributed by atoms with E-state index in [2.05, 4.69) is 17.1 Å². The smallest absolute Gasteiger partial charge is 0.241 e. The fraction of sp³-hybridized carbons (Fsp3) is 0.562. The number of hydrogen-bond donors (Lipinski definition) is 2. The van der Waals surface area contributed by atoms with Crippen LogP contribution >= 0.6 is 11.6 Å². The molecular formula is C16H25ClN2O2. The van der Waals surface area contributed by atoms with Crippen molar-refractivity contribution in [2.24, 2.45) is 0 Å². The van der Waals surface area contributed by atoms with E-state index in [0.717, 1.165) is 19.4 Å². The SMILES string of the molecule is CCCCN(CCCO)C(C)C(=O)Nc1ccccc1Cl. The molecule has 0 aliphatic heterocycles. The van der Waals surface area contributed by atoms with Crippen LogP contribution in [0.25, 0.3) is 0 Å². The van der Waals surface area contributed by atoms with E-state index < -0.39 is 0 Å². The van der Waals surface area contributed by atoms with Crippen LogP contribution in [-0.2, 0) is 4.79 Å². The van der Waals surface area contributed by atoms with Crippen molar-refractivity contribution >= 4 is 23.2 Å². The van der Waals surface area contributed by atoms with Gasteiger partial charge in [-0.05, 0) is 38.4 Å².